The highest BCUT2D eigenvalue weighted by Crippen LogP contribution is 2.21. The third-order valence-corrected chi connectivity index (χ3v) is 5.15. The lowest BCUT2D eigenvalue weighted by Crippen LogP contribution is -2.37. The number of ether oxygens (including phenoxy) is 1. The van der Waals surface area contributed by atoms with Crippen LogP contribution in [0.2, 0.25) is 0 Å². The van der Waals surface area contributed by atoms with Crippen molar-refractivity contribution in [3.05, 3.63) is 90.7 Å². The molecule has 0 bridgehead atoms. The van der Waals surface area contributed by atoms with Crippen molar-refractivity contribution in [2.24, 2.45) is 22.4 Å². The Morgan fingerprint density at radius 1 is 1.29 bits per heavy atom. The van der Waals surface area contributed by atoms with Crippen molar-refractivity contribution in [2.45, 2.75) is 12.8 Å². The summed E-state index contributed by atoms with van der Waals surface area (Å²) < 4.78 is 5.80. The molecule has 0 aromatic heterocycles. The van der Waals surface area contributed by atoms with Crippen LogP contribution in [0.4, 0.5) is 0 Å². The van der Waals surface area contributed by atoms with Crippen molar-refractivity contribution >= 4 is 18.1 Å². The number of carbonyl (C=O) groups is 2. The quantitative estimate of drug-likeness (QED) is 0.223. The Balaban J connectivity index is 1.85. The number of carboxylic acids is 1. The van der Waals surface area contributed by atoms with Gasteiger partial charge in [0.15, 0.2) is 0 Å². The van der Waals surface area contributed by atoms with E-state index in [0.29, 0.717) is 29.8 Å². The molecule has 1 aromatic rings. The van der Waals surface area contributed by atoms with Gasteiger partial charge in [-0.15, -0.1) is 0 Å². The molecule has 0 saturated carbocycles. The first-order chi connectivity index (χ1) is 16.3. The zero-order valence-corrected chi connectivity index (χ0v) is 19.0. The van der Waals surface area contributed by atoms with Crippen molar-refractivity contribution in [1.82, 2.24) is 10.2 Å². The first-order valence-electron chi connectivity index (χ1n) is 10.7. The SMILES string of the molecule is C=C/C(=C\C=C(/N)N1CCC(COc2cccc(C(=O)O)c2)CC1)NC(=O)C(=C)/C=N\C=C/N. The molecular formula is C25H31N5O4. The fourth-order valence-corrected chi connectivity index (χ4v) is 3.18. The first-order valence-corrected chi connectivity index (χ1v) is 10.7. The summed E-state index contributed by atoms with van der Waals surface area (Å²) in [6.07, 6.45) is 10.6. The molecule has 1 amide bonds. The summed E-state index contributed by atoms with van der Waals surface area (Å²) in [5, 5.41) is 11.8. The number of aromatic carboxylic acids is 1. The second-order valence-corrected chi connectivity index (χ2v) is 7.59. The van der Waals surface area contributed by atoms with Gasteiger partial charge in [-0.3, -0.25) is 9.79 Å². The van der Waals surface area contributed by atoms with Crippen LogP contribution < -0.4 is 21.5 Å². The van der Waals surface area contributed by atoms with Gasteiger partial charge >= 0.3 is 5.97 Å². The minimum absolute atomic E-state index is 0.168. The average molecular weight is 466 g/mol. The summed E-state index contributed by atoms with van der Waals surface area (Å²) in [6, 6.07) is 6.48. The molecular weight excluding hydrogens is 434 g/mol. The summed E-state index contributed by atoms with van der Waals surface area (Å²) in [5.74, 6) is 0.0825. The molecule has 1 fully saturated rings. The van der Waals surface area contributed by atoms with E-state index in [0.717, 1.165) is 25.9 Å². The number of benzene rings is 1. The molecule has 9 heteroatoms. The van der Waals surface area contributed by atoms with E-state index in [1.54, 1.807) is 24.3 Å². The molecule has 0 radical (unpaired) electrons. The van der Waals surface area contributed by atoms with Crippen molar-refractivity contribution in [3.8, 4) is 5.75 Å². The maximum absolute atomic E-state index is 12.2. The monoisotopic (exact) mass is 465 g/mol. The third-order valence-electron chi connectivity index (χ3n) is 5.15. The Morgan fingerprint density at radius 3 is 2.68 bits per heavy atom. The Kier molecular flexibility index (Phi) is 10.2. The summed E-state index contributed by atoms with van der Waals surface area (Å²) in [6.45, 7) is 9.40. The van der Waals surface area contributed by atoms with Gasteiger partial charge in [0.05, 0.1) is 23.6 Å². The van der Waals surface area contributed by atoms with Gasteiger partial charge in [0.25, 0.3) is 5.91 Å². The largest absolute Gasteiger partial charge is 0.493 e. The minimum Gasteiger partial charge on any atom is -0.493 e. The second kappa shape index (κ2) is 13.3. The highest BCUT2D eigenvalue weighted by atomic mass is 16.5. The Hall–Kier alpha value is -4.27. The number of aliphatic imine (C=N–C) groups is 1. The zero-order chi connectivity index (χ0) is 24.9. The normalized spacial score (nSPS) is 15.5. The van der Waals surface area contributed by atoms with Gasteiger partial charge in [0.2, 0.25) is 0 Å². The summed E-state index contributed by atoms with van der Waals surface area (Å²) in [5.41, 5.74) is 12.3. The molecule has 0 unspecified atom stereocenters. The molecule has 2 rings (SSSR count). The molecule has 34 heavy (non-hydrogen) atoms. The van der Waals surface area contributed by atoms with Crippen LogP contribution >= 0.6 is 0 Å². The van der Waals surface area contributed by atoms with Crippen molar-refractivity contribution in [3.63, 3.8) is 0 Å². The Labute approximate surface area is 199 Å². The molecule has 0 aliphatic carbocycles. The van der Waals surface area contributed by atoms with Crippen LogP contribution in [0.3, 0.4) is 0 Å². The van der Waals surface area contributed by atoms with Gasteiger partial charge < -0.3 is 31.5 Å². The highest BCUT2D eigenvalue weighted by Gasteiger charge is 2.20. The number of piperidine rings is 1. The van der Waals surface area contributed by atoms with E-state index < -0.39 is 11.9 Å². The first kappa shape index (κ1) is 26.0. The third kappa shape index (κ3) is 8.34. The number of amides is 1. The van der Waals surface area contributed by atoms with E-state index in [-0.39, 0.29) is 11.1 Å². The number of rotatable bonds is 11. The highest BCUT2D eigenvalue weighted by molar-refractivity contribution is 6.12. The summed E-state index contributed by atoms with van der Waals surface area (Å²) in [7, 11) is 0. The van der Waals surface area contributed by atoms with Gasteiger partial charge in [0.1, 0.15) is 5.75 Å². The number of nitrogens with one attached hydrogen (secondary N) is 1. The van der Waals surface area contributed by atoms with E-state index >= 15 is 0 Å². The van der Waals surface area contributed by atoms with Crippen LogP contribution in [-0.4, -0.2) is 47.8 Å². The van der Waals surface area contributed by atoms with E-state index in [2.05, 4.69) is 28.4 Å². The molecule has 1 aliphatic rings. The fraction of sp³-hybridized carbons (Fsp3) is 0.240. The molecule has 1 aromatic carbocycles. The predicted octanol–water partition coefficient (Wildman–Crippen LogP) is 2.52. The van der Waals surface area contributed by atoms with Crippen molar-refractivity contribution in [2.75, 3.05) is 19.7 Å². The molecule has 1 saturated heterocycles. The lowest BCUT2D eigenvalue weighted by Gasteiger charge is -2.33. The Morgan fingerprint density at radius 2 is 2.03 bits per heavy atom. The molecule has 180 valence electrons. The van der Waals surface area contributed by atoms with Crippen molar-refractivity contribution < 1.29 is 19.4 Å². The van der Waals surface area contributed by atoms with E-state index in [9.17, 15) is 9.59 Å². The van der Waals surface area contributed by atoms with Gasteiger partial charge in [-0.2, -0.15) is 0 Å². The maximum atomic E-state index is 12.2. The van der Waals surface area contributed by atoms with E-state index in [1.807, 2.05) is 0 Å². The average Bonchev–Trinajstić information content (AvgIpc) is 2.85. The standard InChI is InChI=1S/C25H31N5O4/c1-3-21(29-24(31)18(2)16-28-12-11-26)7-8-23(27)30-13-9-19(10-14-30)17-34-22-6-4-5-20(15-22)25(32)33/h3-8,11-12,15-16,19H,1-2,9-10,13-14,17,26-27H2,(H,29,31)(H,32,33)/b12-11-,21-7+,23-8+,28-16-. The minimum atomic E-state index is -0.979. The topological polar surface area (TPSA) is 143 Å². The van der Waals surface area contributed by atoms with Crippen molar-refractivity contribution in [1.29, 1.82) is 0 Å². The number of nitrogens with two attached hydrogens (primary N) is 2. The summed E-state index contributed by atoms with van der Waals surface area (Å²) in [4.78, 5) is 29.1. The maximum Gasteiger partial charge on any atom is 0.335 e. The lowest BCUT2D eigenvalue weighted by molar-refractivity contribution is -0.116. The number of hydrogen-bond donors (Lipinski definition) is 4. The fourth-order valence-electron chi connectivity index (χ4n) is 3.18. The van der Waals surface area contributed by atoms with Crippen LogP contribution in [-0.2, 0) is 4.79 Å². The van der Waals surface area contributed by atoms with Gasteiger partial charge in [-0.25, -0.2) is 4.79 Å². The number of carboxylic acid groups (broad SMARTS) is 1. The van der Waals surface area contributed by atoms with Gasteiger partial charge in [0, 0.05) is 37.4 Å². The summed E-state index contributed by atoms with van der Waals surface area (Å²) >= 11 is 0. The number of allylic oxidation sites excluding steroid dienone is 3. The van der Waals surface area contributed by atoms with E-state index in [1.165, 1.54) is 36.8 Å². The van der Waals surface area contributed by atoms with E-state index in [4.69, 9.17) is 21.3 Å². The number of carbonyl (C=O) groups excluding carboxylic acids is 1. The van der Waals surface area contributed by atoms with Crippen LogP contribution in [0.15, 0.2) is 90.1 Å². The Bertz CT molecular complexity index is 1020. The smallest absolute Gasteiger partial charge is 0.335 e. The zero-order valence-electron chi connectivity index (χ0n) is 19.0. The molecule has 6 N–H and O–H groups in total. The number of nitrogens with zero attached hydrogens (tertiary/aromatic N) is 2. The molecule has 0 atom stereocenters. The molecule has 1 aliphatic heterocycles. The van der Waals surface area contributed by atoms with Crippen LogP contribution in [0, 0.1) is 5.92 Å². The predicted molar refractivity (Wildman–Crippen MR) is 133 cm³/mol. The molecule has 1 heterocycles. The van der Waals surface area contributed by atoms with Gasteiger partial charge in [-0.1, -0.05) is 19.2 Å². The van der Waals surface area contributed by atoms with Gasteiger partial charge in [-0.05, 0) is 55.2 Å². The van der Waals surface area contributed by atoms with Crippen LogP contribution in [0.25, 0.3) is 0 Å². The lowest BCUT2D eigenvalue weighted by atomic mass is 9.98. The van der Waals surface area contributed by atoms with Crippen LogP contribution in [0.1, 0.15) is 23.2 Å². The molecule has 0 spiro atoms. The molecule has 9 nitrogen and oxygen atoms in total. The number of likely N-dealkylation sites (tertiary alicyclic amines) is 1. The second-order valence-electron chi connectivity index (χ2n) is 7.59. The van der Waals surface area contributed by atoms with Crippen LogP contribution in [0.5, 0.6) is 5.75 Å². The number of hydrogen-bond acceptors (Lipinski definition) is 7.